The summed E-state index contributed by atoms with van der Waals surface area (Å²) < 4.78 is 44.7. The Morgan fingerprint density at radius 2 is 1.93 bits per heavy atom. The van der Waals surface area contributed by atoms with E-state index in [4.69, 9.17) is 4.74 Å². The van der Waals surface area contributed by atoms with Crippen molar-refractivity contribution in [2.75, 3.05) is 13.2 Å². The highest BCUT2D eigenvalue weighted by molar-refractivity contribution is 9.11. The van der Waals surface area contributed by atoms with Gasteiger partial charge in [-0.05, 0) is 47.1 Å². The SMILES string of the molecule is CC(COc1ccccc1C(F)(F)F)NC(=O)CNC(=O)c1ccc(Br)s1. The second-order valence-corrected chi connectivity index (χ2v) is 8.02. The van der Waals surface area contributed by atoms with Crippen molar-refractivity contribution in [3.05, 3.63) is 50.6 Å². The Morgan fingerprint density at radius 3 is 2.56 bits per heavy atom. The summed E-state index contributed by atoms with van der Waals surface area (Å²) in [6.07, 6.45) is -4.52. The molecule has 5 nitrogen and oxygen atoms in total. The van der Waals surface area contributed by atoms with Gasteiger partial charge < -0.3 is 15.4 Å². The zero-order valence-corrected chi connectivity index (χ0v) is 16.5. The summed E-state index contributed by atoms with van der Waals surface area (Å²) in [5.74, 6) is -1.16. The maximum absolute atomic E-state index is 12.9. The summed E-state index contributed by atoms with van der Waals surface area (Å²) >= 11 is 4.47. The highest BCUT2D eigenvalue weighted by Crippen LogP contribution is 2.35. The van der Waals surface area contributed by atoms with Crippen LogP contribution in [-0.4, -0.2) is 31.0 Å². The highest BCUT2D eigenvalue weighted by Gasteiger charge is 2.34. The number of hydrogen-bond acceptors (Lipinski definition) is 4. The molecule has 0 radical (unpaired) electrons. The van der Waals surface area contributed by atoms with Crippen molar-refractivity contribution in [2.24, 2.45) is 0 Å². The zero-order valence-electron chi connectivity index (χ0n) is 14.1. The number of alkyl halides is 3. The first-order valence-electron chi connectivity index (χ1n) is 7.78. The van der Waals surface area contributed by atoms with E-state index in [1.165, 1.54) is 29.5 Å². The molecule has 1 unspecified atom stereocenters. The maximum atomic E-state index is 12.9. The molecule has 1 heterocycles. The van der Waals surface area contributed by atoms with Crippen LogP contribution in [0.5, 0.6) is 5.75 Å². The molecule has 0 spiro atoms. The van der Waals surface area contributed by atoms with Gasteiger partial charge in [-0.3, -0.25) is 9.59 Å². The molecule has 1 aromatic heterocycles. The molecule has 2 aromatic rings. The van der Waals surface area contributed by atoms with E-state index in [2.05, 4.69) is 26.6 Å². The quantitative estimate of drug-likeness (QED) is 0.653. The first kappa shape index (κ1) is 21.2. The molecule has 2 rings (SSSR count). The smallest absolute Gasteiger partial charge is 0.419 e. The summed E-state index contributed by atoms with van der Waals surface area (Å²) in [4.78, 5) is 24.2. The number of hydrogen-bond donors (Lipinski definition) is 2. The first-order chi connectivity index (χ1) is 12.7. The Morgan fingerprint density at radius 1 is 1.22 bits per heavy atom. The van der Waals surface area contributed by atoms with Crippen LogP contribution in [0.15, 0.2) is 40.2 Å². The summed E-state index contributed by atoms with van der Waals surface area (Å²) in [6.45, 7) is 1.19. The van der Waals surface area contributed by atoms with Crippen LogP contribution in [0, 0.1) is 0 Å². The van der Waals surface area contributed by atoms with Gasteiger partial charge in [-0.25, -0.2) is 0 Å². The molecule has 0 aliphatic heterocycles. The Hall–Kier alpha value is -2.07. The van der Waals surface area contributed by atoms with E-state index >= 15 is 0 Å². The largest absolute Gasteiger partial charge is 0.491 e. The predicted octanol–water partition coefficient (Wildman–Crippen LogP) is 3.84. The standard InChI is InChI=1S/C17H16BrF3N2O3S/c1-10(9-26-12-5-3-2-4-11(12)17(19,20)21)23-15(24)8-22-16(25)13-6-7-14(18)27-13/h2-7,10H,8-9H2,1H3,(H,22,25)(H,23,24). The average Bonchev–Trinajstić information content (AvgIpc) is 3.04. The minimum atomic E-state index is -4.52. The monoisotopic (exact) mass is 464 g/mol. The van der Waals surface area contributed by atoms with E-state index in [0.717, 1.165) is 9.85 Å². The predicted molar refractivity (Wildman–Crippen MR) is 98.9 cm³/mol. The van der Waals surface area contributed by atoms with Gasteiger partial charge in [0, 0.05) is 0 Å². The number of ether oxygens (including phenoxy) is 1. The lowest BCUT2D eigenvalue weighted by Gasteiger charge is -2.18. The first-order valence-corrected chi connectivity index (χ1v) is 9.39. The number of carbonyl (C=O) groups excluding carboxylic acids is 2. The Balaban J connectivity index is 1.79. The van der Waals surface area contributed by atoms with Crippen LogP contribution < -0.4 is 15.4 Å². The van der Waals surface area contributed by atoms with Crippen LogP contribution in [0.2, 0.25) is 0 Å². The number of nitrogens with one attached hydrogen (secondary N) is 2. The van der Waals surface area contributed by atoms with Crippen LogP contribution in [0.4, 0.5) is 13.2 Å². The van der Waals surface area contributed by atoms with E-state index in [0.29, 0.717) is 4.88 Å². The number of amides is 2. The van der Waals surface area contributed by atoms with E-state index in [-0.39, 0.29) is 24.8 Å². The molecule has 0 saturated heterocycles. The normalized spacial score (nSPS) is 12.3. The summed E-state index contributed by atoms with van der Waals surface area (Å²) in [6, 6.07) is 7.65. The van der Waals surface area contributed by atoms with Gasteiger partial charge >= 0.3 is 6.18 Å². The fourth-order valence-corrected chi connectivity index (χ4v) is 3.40. The van der Waals surface area contributed by atoms with Gasteiger partial charge in [0.1, 0.15) is 12.4 Å². The molecule has 1 aromatic carbocycles. The minimum absolute atomic E-state index is 0.148. The van der Waals surface area contributed by atoms with E-state index in [1.807, 2.05) is 0 Å². The Bertz CT molecular complexity index is 811. The molecule has 146 valence electrons. The van der Waals surface area contributed by atoms with Crippen LogP contribution in [0.25, 0.3) is 0 Å². The van der Waals surface area contributed by atoms with E-state index in [1.54, 1.807) is 19.1 Å². The number of rotatable bonds is 7. The van der Waals surface area contributed by atoms with Crippen LogP contribution in [0.1, 0.15) is 22.2 Å². The van der Waals surface area contributed by atoms with Gasteiger partial charge in [-0.2, -0.15) is 13.2 Å². The molecule has 0 aliphatic carbocycles. The lowest BCUT2D eigenvalue weighted by atomic mass is 10.2. The van der Waals surface area contributed by atoms with Crippen molar-refractivity contribution < 1.29 is 27.5 Å². The molecular weight excluding hydrogens is 449 g/mol. The molecule has 27 heavy (non-hydrogen) atoms. The second-order valence-electron chi connectivity index (χ2n) is 5.56. The number of para-hydroxylation sites is 1. The van der Waals surface area contributed by atoms with Crippen molar-refractivity contribution in [1.82, 2.24) is 10.6 Å². The molecule has 2 N–H and O–H groups in total. The lowest BCUT2D eigenvalue weighted by molar-refractivity contribution is -0.139. The van der Waals surface area contributed by atoms with Crippen LogP contribution in [0.3, 0.4) is 0 Å². The van der Waals surface area contributed by atoms with Crippen molar-refractivity contribution in [3.8, 4) is 5.75 Å². The summed E-state index contributed by atoms with van der Waals surface area (Å²) in [5, 5.41) is 5.02. The molecule has 0 fully saturated rings. The van der Waals surface area contributed by atoms with Gasteiger partial charge in [-0.15, -0.1) is 11.3 Å². The van der Waals surface area contributed by atoms with Gasteiger partial charge in [-0.1, -0.05) is 12.1 Å². The number of carbonyl (C=O) groups is 2. The summed E-state index contributed by atoms with van der Waals surface area (Å²) in [7, 11) is 0. The summed E-state index contributed by atoms with van der Waals surface area (Å²) in [5.41, 5.74) is -0.877. The molecule has 10 heteroatoms. The van der Waals surface area contributed by atoms with Crippen LogP contribution in [-0.2, 0) is 11.0 Å². The van der Waals surface area contributed by atoms with Crippen molar-refractivity contribution >= 4 is 39.1 Å². The fourth-order valence-electron chi connectivity index (χ4n) is 2.09. The fraction of sp³-hybridized carbons (Fsp3) is 0.294. The second kappa shape index (κ2) is 9.23. The lowest BCUT2D eigenvalue weighted by Crippen LogP contribution is -2.43. The Labute approximate surface area is 166 Å². The van der Waals surface area contributed by atoms with Gasteiger partial charge in [0.2, 0.25) is 5.91 Å². The molecular formula is C17H16BrF3N2O3S. The van der Waals surface area contributed by atoms with E-state index in [9.17, 15) is 22.8 Å². The molecule has 0 saturated carbocycles. The van der Waals surface area contributed by atoms with Gasteiger partial charge in [0.05, 0.1) is 26.8 Å². The number of benzene rings is 1. The maximum Gasteiger partial charge on any atom is 0.419 e. The van der Waals surface area contributed by atoms with Gasteiger partial charge in [0.25, 0.3) is 5.91 Å². The van der Waals surface area contributed by atoms with Gasteiger partial charge in [0.15, 0.2) is 0 Å². The van der Waals surface area contributed by atoms with Crippen molar-refractivity contribution in [3.63, 3.8) is 0 Å². The number of halogens is 4. The third-order valence-corrected chi connectivity index (χ3v) is 4.92. The van der Waals surface area contributed by atoms with Crippen molar-refractivity contribution in [2.45, 2.75) is 19.1 Å². The molecule has 2 amide bonds. The minimum Gasteiger partial charge on any atom is -0.491 e. The average molecular weight is 465 g/mol. The third kappa shape index (κ3) is 6.55. The van der Waals surface area contributed by atoms with Crippen LogP contribution >= 0.6 is 27.3 Å². The highest BCUT2D eigenvalue weighted by atomic mass is 79.9. The topological polar surface area (TPSA) is 67.4 Å². The zero-order chi connectivity index (χ0) is 20.0. The van der Waals surface area contributed by atoms with Crippen molar-refractivity contribution in [1.29, 1.82) is 0 Å². The molecule has 0 bridgehead atoms. The molecule has 1 atom stereocenters. The molecule has 0 aliphatic rings. The third-order valence-electron chi connectivity index (χ3n) is 3.30. The van der Waals surface area contributed by atoms with E-state index < -0.39 is 23.7 Å². The Kier molecular flexibility index (Phi) is 7.25. The number of thiophene rings is 1.